The van der Waals surface area contributed by atoms with Gasteiger partial charge < -0.3 is 15.3 Å². The molecule has 1 fully saturated rings. The molecular weight excluding hydrogens is 244 g/mol. The zero-order valence-electron chi connectivity index (χ0n) is 10.7. The van der Waals surface area contributed by atoms with Gasteiger partial charge in [-0.15, -0.1) is 0 Å². The third-order valence-corrected chi connectivity index (χ3v) is 3.28. The van der Waals surface area contributed by atoms with Crippen molar-refractivity contribution in [3.05, 3.63) is 35.9 Å². The molecule has 1 aromatic rings. The number of urea groups is 1. The van der Waals surface area contributed by atoms with E-state index in [2.05, 4.69) is 17.4 Å². The molecule has 0 atom stereocenters. The maximum Gasteiger partial charge on any atom is 0.317 e. The summed E-state index contributed by atoms with van der Waals surface area (Å²) < 4.78 is 0. The summed E-state index contributed by atoms with van der Waals surface area (Å²) in [6, 6.07) is 9.95. The minimum atomic E-state index is -0.826. The van der Waals surface area contributed by atoms with Gasteiger partial charge in [0.2, 0.25) is 0 Å². The van der Waals surface area contributed by atoms with Crippen molar-refractivity contribution in [1.82, 2.24) is 10.2 Å². The van der Waals surface area contributed by atoms with E-state index in [4.69, 9.17) is 5.11 Å². The molecule has 0 aliphatic carbocycles. The second-order valence-corrected chi connectivity index (χ2v) is 4.76. The molecule has 0 bridgehead atoms. The number of amides is 2. The van der Waals surface area contributed by atoms with Gasteiger partial charge in [0.1, 0.15) is 0 Å². The minimum Gasteiger partial charge on any atom is -0.481 e. The van der Waals surface area contributed by atoms with Crippen LogP contribution in [0.2, 0.25) is 0 Å². The fourth-order valence-corrected chi connectivity index (χ4v) is 2.04. The number of benzene rings is 1. The van der Waals surface area contributed by atoms with Crippen molar-refractivity contribution in [2.75, 3.05) is 19.6 Å². The molecule has 0 spiro atoms. The first kappa shape index (κ1) is 13.4. The summed E-state index contributed by atoms with van der Waals surface area (Å²) in [6.45, 7) is 1.25. The van der Waals surface area contributed by atoms with Crippen LogP contribution in [-0.2, 0) is 11.2 Å². The molecule has 2 N–H and O–H groups in total. The lowest BCUT2D eigenvalue weighted by Crippen LogP contribution is -2.56. The van der Waals surface area contributed by atoms with Crippen LogP contribution in [0.1, 0.15) is 12.0 Å². The van der Waals surface area contributed by atoms with E-state index in [0.29, 0.717) is 19.6 Å². The summed E-state index contributed by atoms with van der Waals surface area (Å²) >= 11 is 0. The van der Waals surface area contributed by atoms with Crippen molar-refractivity contribution < 1.29 is 14.7 Å². The van der Waals surface area contributed by atoms with E-state index in [9.17, 15) is 9.59 Å². The Hall–Kier alpha value is -2.04. The topological polar surface area (TPSA) is 69.6 Å². The average Bonchev–Trinajstić information content (AvgIpc) is 2.33. The van der Waals surface area contributed by atoms with Crippen LogP contribution in [0, 0.1) is 5.92 Å². The molecule has 19 heavy (non-hydrogen) atoms. The second kappa shape index (κ2) is 6.22. The molecule has 1 heterocycles. The quantitative estimate of drug-likeness (QED) is 0.787. The molecule has 102 valence electrons. The highest BCUT2D eigenvalue weighted by atomic mass is 16.4. The molecule has 1 aliphatic rings. The molecule has 2 rings (SSSR count). The maximum absolute atomic E-state index is 11.6. The highest BCUT2D eigenvalue weighted by Crippen LogP contribution is 2.15. The van der Waals surface area contributed by atoms with Crippen molar-refractivity contribution in [3.8, 4) is 0 Å². The Morgan fingerprint density at radius 1 is 1.26 bits per heavy atom. The van der Waals surface area contributed by atoms with Crippen LogP contribution in [0.25, 0.3) is 0 Å². The van der Waals surface area contributed by atoms with Crippen LogP contribution in [0.4, 0.5) is 4.79 Å². The molecule has 1 saturated heterocycles. The molecule has 1 aliphatic heterocycles. The van der Waals surface area contributed by atoms with E-state index in [1.54, 1.807) is 0 Å². The Labute approximate surface area is 112 Å². The van der Waals surface area contributed by atoms with E-state index in [1.165, 1.54) is 10.5 Å². The number of aryl methyl sites for hydroxylation is 1. The Morgan fingerprint density at radius 2 is 1.95 bits per heavy atom. The molecule has 0 aromatic heterocycles. The van der Waals surface area contributed by atoms with Crippen LogP contribution in [0.3, 0.4) is 0 Å². The Balaban J connectivity index is 1.59. The second-order valence-electron chi connectivity index (χ2n) is 4.76. The molecule has 2 amide bonds. The number of aliphatic carboxylic acids is 1. The fraction of sp³-hybridized carbons (Fsp3) is 0.429. The van der Waals surface area contributed by atoms with Crippen molar-refractivity contribution in [2.45, 2.75) is 12.8 Å². The minimum absolute atomic E-state index is 0.162. The van der Waals surface area contributed by atoms with Gasteiger partial charge in [-0.3, -0.25) is 4.79 Å². The van der Waals surface area contributed by atoms with Crippen LogP contribution in [0.15, 0.2) is 30.3 Å². The van der Waals surface area contributed by atoms with E-state index < -0.39 is 11.9 Å². The van der Waals surface area contributed by atoms with E-state index in [-0.39, 0.29) is 6.03 Å². The Morgan fingerprint density at radius 3 is 2.58 bits per heavy atom. The number of carbonyl (C=O) groups excluding carboxylic acids is 1. The Kier molecular flexibility index (Phi) is 4.39. The molecule has 5 nitrogen and oxygen atoms in total. The SMILES string of the molecule is O=C(O)C1CN(C(=O)NCCCc2ccccc2)C1. The van der Waals surface area contributed by atoms with Gasteiger partial charge in [-0.2, -0.15) is 0 Å². The first-order valence-corrected chi connectivity index (χ1v) is 6.46. The van der Waals surface area contributed by atoms with E-state index >= 15 is 0 Å². The van der Waals surface area contributed by atoms with Gasteiger partial charge in [0.25, 0.3) is 0 Å². The predicted molar refractivity (Wildman–Crippen MR) is 70.9 cm³/mol. The number of hydrogen-bond acceptors (Lipinski definition) is 2. The molecule has 0 unspecified atom stereocenters. The summed E-state index contributed by atoms with van der Waals surface area (Å²) in [7, 11) is 0. The largest absolute Gasteiger partial charge is 0.481 e. The zero-order valence-corrected chi connectivity index (χ0v) is 10.7. The fourth-order valence-electron chi connectivity index (χ4n) is 2.04. The highest BCUT2D eigenvalue weighted by molar-refractivity contribution is 5.79. The van der Waals surface area contributed by atoms with Gasteiger partial charge in [-0.1, -0.05) is 30.3 Å². The van der Waals surface area contributed by atoms with Gasteiger partial charge in [0, 0.05) is 19.6 Å². The van der Waals surface area contributed by atoms with E-state index in [0.717, 1.165) is 12.8 Å². The number of likely N-dealkylation sites (tertiary alicyclic amines) is 1. The lowest BCUT2D eigenvalue weighted by atomic mass is 10.0. The standard InChI is InChI=1S/C14H18N2O3/c17-13(18)12-9-16(10-12)14(19)15-8-4-7-11-5-2-1-3-6-11/h1-3,5-6,12H,4,7-10H2,(H,15,19)(H,17,18). The van der Waals surface area contributed by atoms with Crippen LogP contribution in [0.5, 0.6) is 0 Å². The summed E-state index contributed by atoms with van der Waals surface area (Å²) in [5, 5.41) is 11.5. The molecule has 0 saturated carbocycles. The number of carboxylic acids is 1. The lowest BCUT2D eigenvalue weighted by Gasteiger charge is -2.36. The summed E-state index contributed by atoms with van der Waals surface area (Å²) in [6.07, 6.45) is 1.81. The maximum atomic E-state index is 11.6. The number of nitrogens with zero attached hydrogens (tertiary/aromatic N) is 1. The Bertz CT molecular complexity index is 441. The van der Waals surface area contributed by atoms with Crippen LogP contribution < -0.4 is 5.32 Å². The van der Waals surface area contributed by atoms with Crippen molar-refractivity contribution in [1.29, 1.82) is 0 Å². The smallest absolute Gasteiger partial charge is 0.317 e. The summed E-state index contributed by atoms with van der Waals surface area (Å²) in [4.78, 5) is 23.8. The van der Waals surface area contributed by atoms with Crippen molar-refractivity contribution in [3.63, 3.8) is 0 Å². The van der Waals surface area contributed by atoms with Gasteiger partial charge in [0.05, 0.1) is 5.92 Å². The summed E-state index contributed by atoms with van der Waals surface area (Å²) in [5.41, 5.74) is 1.26. The molecule has 1 aromatic carbocycles. The normalized spacial score (nSPS) is 14.8. The number of carboxylic acid groups (broad SMARTS) is 1. The lowest BCUT2D eigenvalue weighted by molar-refractivity contribution is -0.146. The first-order chi connectivity index (χ1) is 9.16. The van der Waals surface area contributed by atoms with Crippen LogP contribution in [-0.4, -0.2) is 41.6 Å². The first-order valence-electron chi connectivity index (χ1n) is 6.46. The number of rotatable bonds is 5. The van der Waals surface area contributed by atoms with Crippen molar-refractivity contribution >= 4 is 12.0 Å². The van der Waals surface area contributed by atoms with Gasteiger partial charge in [0.15, 0.2) is 0 Å². The molecular formula is C14H18N2O3. The van der Waals surface area contributed by atoms with Gasteiger partial charge >= 0.3 is 12.0 Å². The zero-order chi connectivity index (χ0) is 13.7. The summed E-state index contributed by atoms with van der Waals surface area (Å²) in [5.74, 6) is -1.22. The average molecular weight is 262 g/mol. The van der Waals surface area contributed by atoms with Crippen LogP contribution >= 0.6 is 0 Å². The number of carbonyl (C=O) groups is 2. The van der Waals surface area contributed by atoms with E-state index in [1.807, 2.05) is 18.2 Å². The number of hydrogen-bond donors (Lipinski definition) is 2. The third-order valence-electron chi connectivity index (χ3n) is 3.28. The third kappa shape index (κ3) is 3.71. The van der Waals surface area contributed by atoms with Gasteiger partial charge in [-0.25, -0.2) is 4.79 Å². The van der Waals surface area contributed by atoms with Crippen molar-refractivity contribution in [2.24, 2.45) is 5.92 Å². The predicted octanol–water partition coefficient (Wildman–Crippen LogP) is 1.35. The number of nitrogens with one attached hydrogen (secondary N) is 1. The molecule has 5 heteroatoms. The molecule has 0 radical (unpaired) electrons. The monoisotopic (exact) mass is 262 g/mol. The highest BCUT2D eigenvalue weighted by Gasteiger charge is 2.35. The van der Waals surface area contributed by atoms with Gasteiger partial charge in [-0.05, 0) is 18.4 Å².